The second-order valence-electron chi connectivity index (χ2n) is 1.35. The van der Waals surface area contributed by atoms with Crippen molar-refractivity contribution in [3.05, 3.63) is 5.51 Å². The van der Waals surface area contributed by atoms with Crippen LogP contribution in [0.1, 0.15) is 0 Å². The number of nitrogen functional groups attached to an aromatic ring is 1. The number of hydrogen-bond donors (Lipinski definition) is 1. The van der Waals surface area contributed by atoms with Crippen LogP contribution in [0.2, 0.25) is 0 Å². The summed E-state index contributed by atoms with van der Waals surface area (Å²) in [4.78, 5) is 0. The maximum absolute atomic E-state index is 10.6. The average molecular weight is 201 g/mol. The molecule has 0 radical (unpaired) electrons. The molecule has 1 unspecified atom stereocenters. The van der Waals surface area contributed by atoms with E-state index >= 15 is 0 Å². The summed E-state index contributed by atoms with van der Waals surface area (Å²) in [7, 11) is -0.00563. The van der Waals surface area contributed by atoms with E-state index in [0.717, 1.165) is 5.51 Å². The number of hydrogen-bond acceptors (Lipinski definition) is 5. The van der Waals surface area contributed by atoms with E-state index in [1.54, 1.807) is 0 Å². The number of aromatic nitrogens is 2. The summed E-state index contributed by atoms with van der Waals surface area (Å²) in [6.45, 7) is 0. The van der Waals surface area contributed by atoms with E-state index < -0.39 is 17.6 Å². The summed E-state index contributed by atoms with van der Waals surface area (Å²) in [5.41, 5.74) is 6.25. The Kier molecular flexibility index (Phi) is 1.80. The fraction of sp³-hybridized carbons (Fsp3) is 0. The van der Waals surface area contributed by atoms with Crippen molar-refractivity contribution in [1.29, 1.82) is 0 Å². The topological polar surface area (TPSA) is 85.9 Å². The van der Waals surface area contributed by atoms with Gasteiger partial charge in [0.15, 0.2) is 9.50 Å². The van der Waals surface area contributed by atoms with Crippen molar-refractivity contribution in [2.45, 2.75) is 0 Å². The van der Waals surface area contributed by atoms with Crippen LogP contribution in [-0.4, -0.2) is 18.6 Å². The van der Waals surface area contributed by atoms with E-state index in [1.807, 2.05) is 0 Å². The summed E-state index contributed by atoms with van der Waals surface area (Å²) in [6.07, 6.45) is 0. The molecule has 0 aliphatic heterocycles. The first kappa shape index (κ1) is 7.70. The monoisotopic (exact) mass is 200 g/mol. The lowest BCUT2D eigenvalue weighted by Crippen LogP contribution is -1.87. The minimum Gasteiger partial charge on any atom is -0.336 e. The molecule has 0 aliphatic rings. The standard InChI is InChI=1S/C2H3ClN3O2S2/c3-10(7,8)9-1-5-6-2(9)4/h1H,(H2,4,6)/q+1. The second kappa shape index (κ2) is 2.33. The van der Waals surface area contributed by atoms with E-state index in [1.165, 1.54) is 0 Å². The highest BCUT2D eigenvalue weighted by Crippen LogP contribution is 2.32. The lowest BCUT2D eigenvalue weighted by molar-refractivity contribution is 0.622. The molecule has 1 rings (SSSR count). The van der Waals surface area contributed by atoms with Crippen LogP contribution >= 0.6 is 20.2 Å². The third-order valence-corrected chi connectivity index (χ3v) is 5.21. The maximum atomic E-state index is 10.6. The number of anilines is 1. The van der Waals surface area contributed by atoms with Gasteiger partial charge in [-0.2, -0.15) is 8.42 Å². The molecule has 5 nitrogen and oxygen atoms in total. The Hall–Kier alpha value is -0.400. The molecular formula is C2H3ClN3O2S2+. The first-order valence-corrected chi connectivity index (χ1v) is 6.18. The van der Waals surface area contributed by atoms with Gasteiger partial charge in [0.25, 0.3) is 5.51 Å². The van der Waals surface area contributed by atoms with Gasteiger partial charge in [-0.1, -0.05) is 10.2 Å². The largest absolute Gasteiger partial charge is 0.432 e. The van der Waals surface area contributed by atoms with Crippen molar-refractivity contribution >= 4 is 33.4 Å². The molecule has 1 heterocycles. The van der Waals surface area contributed by atoms with Crippen molar-refractivity contribution in [3.63, 3.8) is 0 Å². The molecular weight excluding hydrogens is 198 g/mol. The molecule has 0 aliphatic carbocycles. The van der Waals surface area contributed by atoms with Crippen molar-refractivity contribution in [3.8, 4) is 0 Å². The molecule has 0 saturated heterocycles. The SMILES string of the molecule is Nc1nnc[s+]1S(=O)(=O)Cl. The zero-order valence-corrected chi connectivity index (χ0v) is 6.95. The summed E-state index contributed by atoms with van der Waals surface area (Å²) < 4.78 is 21.1. The number of rotatable bonds is 1. The van der Waals surface area contributed by atoms with Gasteiger partial charge in [0, 0.05) is 0 Å². The van der Waals surface area contributed by atoms with Crippen LogP contribution < -0.4 is 5.73 Å². The zero-order chi connectivity index (χ0) is 7.78. The Morgan fingerprint density at radius 1 is 1.70 bits per heavy atom. The fourth-order valence-electron chi connectivity index (χ4n) is 0.371. The Balaban J connectivity index is 3.32. The zero-order valence-electron chi connectivity index (χ0n) is 4.56. The summed E-state index contributed by atoms with van der Waals surface area (Å²) >= 11 is 0. The van der Waals surface area contributed by atoms with Crippen LogP contribution in [0, 0.1) is 0 Å². The summed E-state index contributed by atoms with van der Waals surface area (Å²) in [5, 5.41) is 6.54. The minimum atomic E-state index is -3.66. The van der Waals surface area contributed by atoms with E-state index in [0.29, 0.717) is 0 Å². The molecule has 56 valence electrons. The van der Waals surface area contributed by atoms with Crippen molar-refractivity contribution in [2.75, 3.05) is 5.73 Å². The molecule has 0 bridgehead atoms. The quantitative estimate of drug-likeness (QED) is 0.396. The third kappa shape index (κ3) is 1.36. The number of nitrogens with zero attached hydrogens (tertiary/aromatic N) is 2. The van der Waals surface area contributed by atoms with Crippen LogP contribution in [0.4, 0.5) is 5.13 Å². The fourth-order valence-corrected chi connectivity index (χ4v) is 3.06. The van der Waals surface area contributed by atoms with E-state index in [4.69, 9.17) is 16.4 Å². The van der Waals surface area contributed by atoms with Gasteiger partial charge in [0.2, 0.25) is 0 Å². The Labute approximate surface area is 63.6 Å². The highest BCUT2D eigenvalue weighted by Gasteiger charge is 2.27. The van der Waals surface area contributed by atoms with E-state index in [2.05, 4.69) is 10.2 Å². The van der Waals surface area contributed by atoms with E-state index in [-0.39, 0.29) is 5.13 Å². The van der Waals surface area contributed by atoms with Gasteiger partial charge in [-0.05, 0) is 0 Å². The number of nitrogens with two attached hydrogens (primary N) is 1. The Morgan fingerprint density at radius 3 is 2.50 bits per heavy atom. The number of halogens is 1. The predicted octanol–water partition coefficient (Wildman–Crippen LogP) is 0.140. The lowest BCUT2D eigenvalue weighted by Gasteiger charge is -1.76. The van der Waals surface area contributed by atoms with Gasteiger partial charge in [-0.25, -0.2) is 0 Å². The van der Waals surface area contributed by atoms with Crippen LogP contribution in [0.5, 0.6) is 0 Å². The molecule has 8 heteroatoms. The molecule has 0 aromatic carbocycles. The highest BCUT2D eigenvalue weighted by atomic mass is 35.8. The molecule has 1 aromatic heterocycles. The Bertz CT molecular complexity index is 330. The van der Waals surface area contributed by atoms with Crippen LogP contribution in [0.25, 0.3) is 0 Å². The van der Waals surface area contributed by atoms with E-state index in [9.17, 15) is 8.42 Å². The first-order chi connectivity index (χ1) is 4.52. The van der Waals surface area contributed by atoms with Gasteiger partial charge < -0.3 is 5.73 Å². The van der Waals surface area contributed by atoms with Gasteiger partial charge in [-0.15, -0.1) is 0 Å². The third-order valence-electron chi connectivity index (χ3n) is 0.720. The molecule has 10 heavy (non-hydrogen) atoms. The molecule has 1 atom stereocenters. The smallest absolute Gasteiger partial charge is 0.336 e. The minimum absolute atomic E-state index is 0.0602. The van der Waals surface area contributed by atoms with Crippen LogP contribution in [-0.2, 0) is 8.08 Å². The summed E-state index contributed by atoms with van der Waals surface area (Å²) in [5.74, 6) is 0. The molecule has 0 amide bonds. The summed E-state index contributed by atoms with van der Waals surface area (Å²) in [6, 6.07) is 0. The van der Waals surface area contributed by atoms with Gasteiger partial charge >= 0.3 is 13.2 Å². The normalized spacial score (nSPS) is 13.5. The second-order valence-corrected chi connectivity index (χ2v) is 7.52. The Morgan fingerprint density at radius 2 is 2.30 bits per heavy atom. The van der Waals surface area contributed by atoms with Gasteiger partial charge in [0.1, 0.15) is 0 Å². The van der Waals surface area contributed by atoms with Gasteiger partial charge in [-0.3, -0.25) is 0 Å². The predicted molar refractivity (Wildman–Crippen MR) is 39.1 cm³/mol. The molecule has 1 aromatic rings. The van der Waals surface area contributed by atoms with Crippen LogP contribution in [0.15, 0.2) is 5.51 Å². The first-order valence-electron chi connectivity index (χ1n) is 2.06. The van der Waals surface area contributed by atoms with Crippen molar-refractivity contribution in [2.24, 2.45) is 0 Å². The highest BCUT2D eigenvalue weighted by molar-refractivity contribution is 8.52. The van der Waals surface area contributed by atoms with Crippen molar-refractivity contribution < 1.29 is 8.42 Å². The van der Waals surface area contributed by atoms with Crippen molar-refractivity contribution in [1.82, 2.24) is 10.2 Å². The van der Waals surface area contributed by atoms with Crippen LogP contribution in [0.3, 0.4) is 0 Å². The molecule has 2 N–H and O–H groups in total. The molecule has 0 spiro atoms. The molecule has 0 fully saturated rings. The average Bonchev–Trinajstić information content (AvgIpc) is 2.11. The lowest BCUT2D eigenvalue weighted by atomic mass is 11.3. The maximum Gasteiger partial charge on any atom is 0.432 e. The van der Waals surface area contributed by atoms with Gasteiger partial charge in [0.05, 0.1) is 10.7 Å². The molecule has 0 saturated carbocycles.